The molecular formula is C21H19ClO4. The van der Waals surface area contributed by atoms with E-state index in [0.717, 1.165) is 11.3 Å². The molecule has 26 heavy (non-hydrogen) atoms. The number of methoxy groups -OCH3 is 2. The summed E-state index contributed by atoms with van der Waals surface area (Å²) < 4.78 is 16.3. The molecule has 0 unspecified atom stereocenters. The summed E-state index contributed by atoms with van der Waals surface area (Å²) in [6.07, 6.45) is 0.850. The van der Waals surface area contributed by atoms with Crippen LogP contribution in [-0.4, -0.2) is 20.0 Å². The van der Waals surface area contributed by atoms with Gasteiger partial charge >= 0.3 is 0 Å². The van der Waals surface area contributed by atoms with E-state index < -0.39 is 0 Å². The van der Waals surface area contributed by atoms with Crippen LogP contribution in [0.3, 0.4) is 0 Å². The van der Waals surface area contributed by atoms with Crippen molar-refractivity contribution in [2.45, 2.75) is 12.8 Å². The quantitative estimate of drug-likeness (QED) is 0.520. The van der Waals surface area contributed by atoms with E-state index >= 15 is 0 Å². The first-order chi connectivity index (χ1) is 12.6. The van der Waals surface area contributed by atoms with E-state index in [-0.39, 0.29) is 5.78 Å². The van der Waals surface area contributed by atoms with Gasteiger partial charge in [-0.1, -0.05) is 23.7 Å². The minimum atomic E-state index is 0.0154. The molecule has 0 bridgehead atoms. The summed E-state index contributed by atoms with van der Waals surface area (Å²) in [5, 5.41) is 0.634. The van der Waals surface area contributed by atoms with Gasteiger partial charge in [0.15, 0.2) is 17.3 Å². The Labute approximate surface area is 157 Å². The zero-order valence-electron chi connectivity index (χ0n) is 14.6. The minimum absolute atomic E-state index is 0.0154. The fraction of sp³-hybridized carbons (Fsp3) is 0.190. The van der Waals surface area contributed by atoms with Gasteiger partial charge in [0, 0.05) is 24.0 Å². The number of hydrogen-bond donors (Lipinski definition) is 0. The summed E-state index contributed by atoms with van der Waals surface area (Å²) in [6.45, 7) is 0. The van der Waals surface area contributed by atoms with Gasteiger partial charge in [0.25, 0.3) is 0 Å². The molecule has 2 aromatic carbocycles. The number of furan rings is 1. The van der Waals surface area contributed by atoms with Crippen molar-refractivity contribution >= 4 is 17.4 Å². The Balaban J connectivity index is 1.68. The van der Waals surface area contributed by atoms with Crippen LogP contribution >= 0.6 is 11.6 Å². The van der Waals surface area contributed by atoms with Crippen LogP contribution in [0.15, 0.2) is 59.0 Å². The second kappa shape index (κ2) is 8.11. The number of ether oxygens (including phenoxy) is 2. The molecule has 0 aliphatic heterocycles. The van der Waals surface area contributed by atoms with Gasteiger partial charge in [-0.3, -0.25) is 4.79 Å². The van der Waals surface area contributed by atoms with Gasteiger partial charge in [0.05, 0.1) is 19.2 Å². The molecule has 0 spiro atoms. The van der Waals surface area contributed by atoms with Crippen LogP contribution in [0, 0.1) is 0 Å². The molecule has 0 fully saturated rings. The summed E-state index contributed by atoms with van der Waals surface area (Å²) >= 11 is 6.19. The highest BCUT2D eigenvalue weighted by molar-refractivity contribution is 6.33. The lowest BCUT2D eigenvalue weighted by atomic mass is 10.1. The van der Waals surface area contributed by atoms with Crippen LogP contribution in [0.5, 0.6) is 11.5 Å². The molecule has 4 nitrogen and oxygen atoms in total. The van der Waals surface area contributed by atoms with Crippen molar-refractivity contribution in [1.29, 1.82) is 0 Å². The number of Topliss-reactive ketones (excluding diaryl/α,β-unsaturated/α-hetero) is 1. The van der Waals surface area contributed by atoms with Crippen LogP contribution in [-0.2, 0) is 6.42 Å². The summed E-state index contributed by atoms with van der Waals surface area (Å²) in [4.78, 5) is 12.5. The van der Waals surface area contributed by atoms with Crippen LogP contribution in [0.25, 0.3) is 11.3 Å². The molecule has 0 saturated heterocycles. The molecule has 1 aromatic heterocycles. The van der Waals surface area contributed by atoms with Gasteiger partial charge in [-0.05, 0) is 42.5 Å². The predicted octanol–water partition coefficient (Wildman–Crippen LogP) is 5.43. The Morgan fingerprint density at radius 1 is 1.00 bits per heavy atom. The lowest BCUT2D eigenvalue weighted by Gasteiger charge is -2.08. The highest BCUT2D eigenvalue weighted by atomic mass is 35.5. The fourth-order valence-electron chi connectivity index (χ4n) is 2.71. The normalized spacial score (nSPS) is 10.6. The standard InChI is InChI=1S/C21H19ClO4/c1-24-20-11-7-14(13-21(20)25-2)18(23)10-8-15-9-12-19(26-15)16-5-3-4-6-17(16)22/h3-7,9,11-13H,8,10H2,1-2H3. The Kier molecular flexibility index (Phi) is 5.64. The number of carbonyl (C=O) groups is 1. The van der Waals surface area contributed by atoms with Crippen molar-refractivity contribution in [3.8, 4) is 22.8 Å². The van der Waals surface area contributed by atoms with Crippen molar-refractivity contribution in [3.63, 3.8) is 0 Å². The van der Waals surface area contributed by atoms with Gasteiger partial charge in [-0.15, -0.1) is 0 Å². The molecule has 3 aromatic rings. The van der Waals surface area contributed by atoms with E-state index in [9.17, 15) is 4.79 Å². The minimum Gasteiger partial charge on any atom is -0.493 e. The second-order valence-electron chi connectivity index (χ2n) is 5.74. The summed E-state index contributed by atoms with van der Waals surface area (Å²) in [5.74, 6) is 2.59. The van der Waals surface area contributed by atoms with E-state index in [1.807, 2.05) is 36.4 Å². The molecule has 0 aliphatic carbocycles. The first kappa shape index (κ1) is 18.1. The molecular weight excluding hydrogens is 352 g/mol. The molecule has 5 heteroatoms. The average molecular weight is 371 g/mol. The molecule has 1 heterocycles. The van der Waals surface area contributed by atoms with Crippen LogP contribution in [0.2, 0.25) is 5.02 Å². The molecule has 0 radical (unpaired) electrons. The van der Waals surface area contributed by atoms with Crippen molar-refractivity contribution < 1.29 is 18.7 Å². The van der Waals surface area contributed by atoms with E-state index in [1.165, 1.54) is 0 Å². The Hall–Kier alpha value is -2.72. The maximum Gasteiger partial charge on any atom is 0.163 e. The molecule has 0 saturated carbocycles. The molecule has 0 aliphatic rings. The van der Waals surface area contributed by atoms with E-state index in [0.29, 0.717) is 40.7 Å². The van der Waals surface area contributed by atoms with Crippen molar-refractivity contribution in [1.82, 2.24) is 0 Å². The number of benzene rings is 2. The highest BCUT2D eigenvalue weighted by Crippen LogP contribution is 2.30. The Morgan fingerprint density at radius 3 is 2.50 bits per heavy atom. The largest absolute Gasteiger partial charge is 0.493 e. The van der Waals surface area contributed by atoms with Gasteiger partial charge in [-0.2, -0.15) is 0 Å². The maximum absolute atomic E-state index is 12.5. The van der Waals surface area contributed by atoms with Crippen molar-refractivity contribution in [3.05, 3.63) is 70.9 Å². The Morgan fingerprint density at radius 2 is 1.77 bits per heavy atom. The first-order valence-corrected chi connectivity index (χ1v) is 8.59. The average Bonchev–Trinajstić information content (AvgIpc) is 3.14. The van der Waals surface area contributed by atoms with Crippen LogP contribution in [0.4, 0.5) is 0 Å². The van der Waals surface area contributed by atoms with Gasteiger partial charge < -0.3 is 13.9 Å². The molecule has 3 rings (SSSR count). The topological polar surface area (TPSA) is 48.7 Å². The van der Waals surface area contributed by atoms with Crippen molar-refractivity contribution in [2.75, 3.05) is 14.2 Å². The summed E-state index contributed by atoms with van der Waals surface area (Å²) in [7, 11) is 3.11. The summed E-state index contributed by atoms with van der Waals surface area (Å²) in [5.41, 5.74) is 1.42. The lowest BCUT2D eigenvalue weighted by Crippen LogP contribution is -2.02. The highest BCUT2D eigenvalue weighted by Gasteiger charge is 2.13. The van der Waals surface area contributed by atoms with E-state index in [4.69, 9.17) is 25.5 Å². The van der Waals surface area contributed by atoms with E-state index in [1.54, 1.807) is 32.4 Å². The number of halogens is 1. The second-order valence-corrected chi connectivity index (χ2v) is 6.15. The first-order valence-electron chi connectivity index (χ1n) is 8.21. The molecule has 0 N–H and O–H groups in total. The number of ketones is 1. The molecule has 0 amide bonds. The smallest absolute Gasteiger partial charge is 0.163 e. The SMILES string of the molecule is COc1ccc(C(=O)CCc2ccc(-c3ccccc3Cl)o2)cc1OC. The third-order valence-corrected chi connectivity index (χ3v) is 4.43. The zero-order valence-corrected chi connectivity index (χ0v) is 15.4. The van der Waals surface area contributed by atoms with Gasteiger partial charge in [0.2, 0.25) is 0 Å². The third kappa shape index (κ3) is 3.92. The maximum atomic E-state index is 12.5. The van der Waals surface area contributed by atoms with Crippen LogP contribution in [0.1, 0.15) is 22.5 Å². The summed E-state index contributed by atoms with van der Waals surface area (Å²) in [6, 6.07) is 16.4. The number of aryl methyl sites for hydroxylation is 1. The predicted molar refractivity (Wildman–Crippen MR) is 101 cm³/mol. The van der Waals surface area contributed by atoms with Gasteiger partial charge in [-0.25, -0.2) is 0 Å². The third-order valence-electron chi connectivity index (χ3n) is 4.10. The molecule has 0 atom stereocenters. The number of hydrogen-bond acceptors (Lipinski definition) is 4. The Bertz CT molecular complexity index is 914. The van der Waals surface area contributed by atoms with Crippen molar-refractivity contribution in [2.24, 2.45) is 0 Å². The lowest BCUT2D eigenvalue weighted by molar-refractivity contribution is 0.0980. The van der Waals surface area contributed by atoms with Crippen LogP contribution < -0.4 is 9.47 Å². The van der Waals surface area contributed by atoms with Gasteiger partial charge in [0.1, 0.15) is 11.5 Å². The monoisotopic (exact) mass is 370 g/mol. The zero-order chi connectivity index (χ0) is 18.5. The fourth-order valence-corrected chi connectivity index (χ4v) is 2.94. The number of carbonyl (C=O) groups excluding carboxylic acids is 1. The molecule has 134 valence electrons. The van der Waals surface area contributed by atoms with E-state index in [2.05, 4.69) is 0 Å². The number of rotatable bonds is 7.